The highest BCUT2D eigenvalue weighted by molar-refractivity contribution is 5.96. The molecular formula is C20H24N2O3. The van der Waals surface area contributed by atoms with Gasteiger partial charge in [-0.3, -0.25) is 9.59 Å². The van der Waals surface area contributed by atoms with Gasteiger partial charge >= 0.3 is 0 Å². The van der Waals surface area contributed by atoms with Gasteiger partial charge in [0, 0.05) is 20.0 Å². The van der Waals surface area contributed by atoms with Crippen LogP contribution in [0.5, 0.6) is 5.75 Å². The monoisotopic (exact) mass is 340 g/mol. The van der Waals surface area contributed by atoms with Crippen LogP contribution in [0.25, 0.3) is 0 Å². The average molecular weight is 340 g/mol. The van der Waals surface area contributed by atoms with E-state index in [0.717, 1.165) is 5.56 Å². The van der Waals surface area contributed by atoms with Crippen molar-refractivity contribution in [1.29, 1.82) is 0 Å². The Kier molecular flexibility index (Phi) is 6.57. The highest BCUT2D eigenvalue weighted by Crippen LogP contribution is 2.20. The Balaban J connectivity index is 1.98. The standard InChI is InChI=1S/C20H24N2O3/c1-15(17-9-5-4-6-10-17)22(16(2)23)14-13-21-20(24)18-11-7-8-12-19(18)25-3/h4-12,15H,13-14H2,1-3H3,(H,21,24). The molecular weight excluding hydrogens is 316 g/mol. The van der Waals surface area contributed by atoms with Gasteiger partial charge in [0.25, 0.3) is 5.91 Å². The first-order chi connectivity index (χ1) is 12.0. The lowest BCUT2D eigenvalue weighted by molar-refractivity contribution is -0.130. The number of hydrogen-bond acceptors (Lipinski definition) is 3. The van der Waals surface area contributed by atoms with Crippen molar-refractivity contribution >= 4 is 11.8 Å². The Bertz CT molecular complexity index is 716. The van der Waals surface area contributed by atoms with Crippen molar-refractivity contribution in [3.05, 3.63) is 65.7 Å². The first-order valence-electron chi connectivity index (χ1n) is 8.28. The number of nitrogens with one attached hydrogen (secondary N) is 1. The maximum absolute atomic E-state index is 12.3. The van der Waals surface area contributed by atoms with Crippen LogP contribution in [0.1, 0.15) is 35.8 Å². The molecule has 0 aliphatic heterocycles. The molecule has 25 heavy (non-hydrogen) atoms. The van der Waals surface area contributed by atoms with Crippen LogP contribution in [0.4, 0.5) is 0 Å². The van der Waals surface area contributed by atoms with Crippen molar-refractivity contribution in [3.8, 4) is 5.75 Å². The van der Waals surface area contributed by atoms with Gasteiger partial charge in [0.05, 0.1) is 18.7 Å². The summed E-state index contributed by atoms with van der Waals surface area (Å²) in [7, 11) is 1.53. The molecule has 0 saturated heterocycles. The molecule has 5 nitrogen and oxygen atoms in total. The summed E-state index contributed by atoms with van der Waals surface area (Å²) in [4.78, 5) is 26.1. The number of carbonyl (C=O) groups is 2. The van der Waals surface area contributed by atoms with Crippen LogP contribution < -0.4 is 10.1 Å². The van der Waals surface area contributed by atoms with Gasteiger partial charge in [-0.05, 0) is 24.6 Å². The number of ether oxygens (including phenoxy) is 1. The SMILES string of the molecule is COc1ccccc1C(=O)NCCN(C(C)=O)C(C)c1ccccc1. The molecule has 0 aromatic heterocycles. The van der Waals surface area contributed by atoms with E-state index in [1.807, 2.05) is 43.3 Å². The van der Waals surface area contributed by atoms with Gasteiger partial charge < -0.3 is 15.0 Å². The fourth-order valence-electron chi connectivity index (χ4n) is 2.75. The summed E-state index contributed by atoms with van der Waals surface area (Å²) < 4.78 is 5.20. The number of carbonyl (C=O) groups excluding carboxylic acids is 2. The van der Waals surface area contributed by atoms with E-state index in [2.05, 4.69) is 5.32 Å². The zero-order chi connectivity index (χ0) is 18.2. The second kappa shape index (κ2) is 8.87. The second-order valence-corrected chi connectivity index (χ2v) is 5.76. The summed E-state index contributed by atoms with van der Waals surface area (Å²) in [6.45, 7) is 4.33. The van der Waals surface area contributed by atoms with E-state index in [1.165, 1.54) is 7.11 Å². The summed E-state index contributed by atoms with van der Waals surface area (Å²) in [5.74, 6) is 0.289. The minimum absolute atomic E-state index is 0.0251. The third-order valence-electron chi connectivity index (χ3n) is 4.14. The third-order valence-corrected chi connectivity index (χ3v) is 4.14. The minimum atomic E-state index is -0.215. The Morgan fingerprint density at radius 2 is 1.72 bits per heavy atom. The van der Waals surface area contributed by atoms with Crippen molar-refractivity contribution in [2.75, 3.05) is 20.2 Å². The Hall–Kier alpha value is -2.82. The Morgan fingerprint density at radius 3 is 2.36 bits per heavy atom. The number of nitrogens with zero attached hydrogens (tertiary/aromatic N) is 1. The molecule has 2 aromatic rings. The first kappa shape index (κ1) is 18.5. The van der Waals surface area contributed by atoms with Crippen molar-refractivity contribution in [2.45, 2.75) is 19.9 Å². The van der Waals surface area contributed by atoms with E-state index in [4.69, 9.17) is 4.74 Å². The number of benzene rings is 2. The van der Waals surface area contributed by atoms with Crippen LogP contribution in [0.15, 0.2) is 54.6 Å². The van der Waals surface area contributed by atoms with Gasteiger partial charge in [-0.1, -0.05) is 42.5 Å². The van der Waals surface area contributed by atoms with E-state index in [9.17, 15) is 9.59 Å². The van der Waals surface area contributed by atoms with Gasteiger partial charge in [-0.15, -0.1) is 0 Å². The van der Waals surface area contributed by atoms with Gasteiger partial charge in [0.1, 0.15) is 5.75 Å². The predicted molar refractivity (Wildman–Crippen MR) is 97.6 cm³/mol. The van der Waals surface area contributed by atoms with Crippen molar-refractivity contribution in [1.82, 2.24) is 10.2 Å². The molecule has 1 atom stereocenters. The maximum atomic E-state index is 12.3. The summed E-state index contributed by atoms with van der Waals surface area (Å²) in [5, 5.41) is 2.85. The van der Waals surface area contributed by atoms with Gasteiger partial charge in [-0.2, -0.15) is 0 Å². The molecule has 0 heterocycles. The number of para-hydroxylation sites is 1. The van der Waals surface area contributed by atoms with Crippen LogP contribution in [-0.4, -0.2) is 36.9 Å². The van der Waals surface area contributed by atoms with Crippen molar-refractivity contribution in [3.63, 3.8) is 0 Å². The molecule has 2 rings (SSSR count). The number of rotatable bonds is 7. The summed E-state index contributed by atoms with van der Waals surface area (Å²) in [5.41, 5.74) is 1.55. The van der Waals surface area contributed by atoms with E-state index < -0.39 is 0 Å². The Morgan fingerprint density at radius 1 is 1.08 bits per heavy atom. The molecule has 0 fully saturated rings. The number of methoxy groups -OCH3 is 1. The first-order valence-corrected chi connectivity index (χ1v) is 8.28. The fraction of sp³-hybridized carbons (Fsp3) is 0.300. The molecule has 2 amide bonds. The van der Waals surface area contributed by atoms with Crippen molar-refractivity contribution < 1.29 is 14.3 Å². The van der Waals surface area contributed by atoms with E-state index in [0.29, 0.717) is 24.4 Å². The second-order valence-electron chi connectivity index (χ2n) is 5.76. The summed E-state index contributed by atoms with van der Waals surface area (Å²) in [6.07, 6.45) is 0. The normalized spacial score (nSPS) is 11.5. The van der Waals surface area contributed by atoms with Gasteiger partial charge in [-0.25, -0.2) is 0 Å². The smallest absolute Gasteiger partial charge is 0.255 e. The van der Waals surface area contributed by atoms with Gasteiger partial charge in [0.2, 0.25) is 5.91 Å². The third kappa shape index (κ3) is 4.83. The highest BCUT2D eigenvalue weighted by atomic mass is 16.5. The number of amides is 2. The van der Waals surface area contributed by atoms with Crippen LogP contribution in [0.2, 0.25) is 0 Å². The van der Waals surface area contributed by atoms with Crippen molar-refractivity contribution in [2.24, 2.45) is 0 Å². The largest absolute Gasteiger partial charge is 0.496 e. The molecule has 2 aromatic carbocycles. The van der Waals surface area contributed by atoms with E-state index >= 15 is 0 Å². The maximum Gasteiger partial charge on any atom is 0.255 e. The predicted octanol–water partition coefficient (Wildman–Crippen LogP) is 3.03. The zero-order valence-electron chi connectivity index (χ0n) is 14.9. The lowest BCUT2D eigenvalue weighted by Crippen LogP contribution is -2.39. The Labute approximate surface area is 148 Å². The molecule has 0 aliphatic rings. The quantitative estimate of drug-likeness (QED) is 0.843. The molecule has 0 spiro atoms. The molecule has 1 N–H and O–H groups in total. The average Bonchev–Trinajstić information content (AvgIpc) is 2.65. The van der Waals surface area contributed by atoms with E-state index in [1.54, 1.807) is 30.0 Å². The molecule has 132 valence electrons. The topological polar surface area (TPSA) is 58.6 Å². The lowest BCUT2D eigenvalue weighted by Gasteiger charge is -2.28. The van der Waals surface area contributed by atoms with Gasteiger partial charge in [0.15, 0.2) is 0 Å². The lowest BCUT2D eigenvalue weighted by atomic mass is 10.1. The van der Waals surface area contributed by atoms with Crippen LogP contribution in [-0.2, 0) is 4.79 Å². The van der Waals surface area contributed by atoms with Crippen LogP contribution in [0.3, 0.4) is 0 Å². The summed E-state index contributed by atoms with van der Waals surface area (Å²) >= 11 is 0. The van der Waals surface area contributed by atoms with Crippen LogP contribution in [0, 0.1) is 0 Å². The minimum Gasteiger partial charge on any atom is -0.496 e. The van der Waals surface area contributed by atoms with E-state index in [-0.39, 0.29) is 17.9 Å². The molecule has 0 saturated carbocycles. The molecule has 5 heteroatoms. The molecule has 1 unspecified atom stereocenters. The highest BCUT2D eigenvalue weighted by Gasteiger charge is 2.18. The molecule has 0 bridgehead atoms. The zero-order valence-corrected chi connectivity index (χ0v) is 14.9. The molecule has 0 aliphatic carbocycles. The van der Waals surface area contributed by atoms with Crippen LogP contribution >= 0.6 is 0 Å². The summed E-state index contributed by atoms with van der Waals surface area (Å²) in [6, 6.07) is 16.8. The fourth-order valence-corrected chi connectivity index (χ4v) is 2.75. The number of hydrogen-bond donors (Lipinski definition) is 1. The molecule has 0 radical (unpaired) electrons.